The number of aliphatic hydroxyl groups is 1. The van der Waals surface area contributed by atoms with Crippen molar-refractivity contribution in [3.63, 3.8) is 0 Å². The van der Waals surface area contributed by atoms with Crippen LogP contribution in [0.1, 0.15) is 48.8 Å². The summed E-state index contributed by atoms with van der Waals surface area (Å²) in [6.07, 6.45) is 5.19. The van der Waals surface area contributed by atoms with Crippen LogP contribution in [0.15, 0.2) is 18.2 Å². The van der Waals surface area contributed by atoms with Crippen molar-refractivity contribution in [3.8, 4) is 6.07 Å². The molecule has 1 aromatic carbocycles. The minimum Gasteiger partial charge on any atom is -0.385 e. The van der Waals surface area contributed by atoms with Crippen molar-refractivity contribution in [3.05, 3.63) is 34.9 Å². The smallest absolute Gasteiger partial charge is 0.0991 e. The first kappa shape index (κ1) is 13.6. The molecule has 2 bridgehead atoms. The van der Waals surface area contributed by atoms with E-state index in [0.717, 1.165) is 24.0 Å². The lowest BCUT2D eigenvalue weighted by Crippen LogP contribution is -2.55. The molecular weight excluding hydrogens is 248 g/mol. The summed E-state index contributed by atoms with van der Waals surface area (Å²) in [6.45, 7) is 2.03. The second-order valence-corrected chi connectivity index (χ2v) is 6.49. The topological polar surface area (TPSA) is 47.3 Å². The molecule has 0 amide bonds. The predicted molar refractivity (Wildman–Crippen MR) is 78.2 cm³/mol. The summed E-state index contributed by atoms with van der Waals surface area (Å²) in [5.74, 6) is 0. The van der Waals surface area contributed by atoms with Gasteiger partial charge < -0.3 is 10.0 Å². The Hall–Kier alpha value is -1.37. The molecule has 0 radical (unpaired) electrons. The zero-order valence-corrected chi connectivity index (χ0v) is 12.3. The monoisotopic (exact) mass is 270 g/mol. The summed E-state index contributed by atoms with van der Waals surface area (Å²) >= 11 is 0. The molecule has 2 saturated heterocycles. The first-order chi connectivity index (χ1) is 9.53. The van der Waals surface area contributed by atoms with E-state index in [1.165, 1.54) is 19.3 Å². The van der Waals surface area contributed by atoms with Crippen LogP contribution in [0, 0.1) is 18.3 Å². The summed E-state index contributed by atoms with van der Waals surface area (Å²) in [7, 11) is 2.19. The number of nitrogens with zero attached hydrogens (tertiary/aromatic N) is 2. The third kappa shape index (κ3) is 2.13. The highest BCUT2D eigenvalue weighted by molar-refractivity contribution is 5.41. The van der Waals surface area contributed by atoms with Gasteiger partial charge >= 0.3 is 0 Å². The molecule has 0 saturated carbocycles. The van der Waals surface area contributed by atoms with Crippen molar-refractivity contribution in [1.82, 2.24) is 4.90 Å². The Morgan fingerprint density at radius 2 is 1.95 bits per heavy atom. The van der Waals surface area contributed by atoms with Gasteiger partial charge in [-0.3, -0.25) is 0 Å². The van der Waals surface area contributed by atoms with E-state index in [9.17, 15) is 5.11 Å². The van der Waals surface area contributed by atoms with E-state index in [0.29, 0.717) is 17.6 Å². The predicted octanol–water partition coefficient (Wildman–Crippen LogP) is 2.70. The van der Waals surface area contributed by atoms with E-state index in [1.54, 1.807) is 0 Å². The lowest BCUT2D eigenvalue weighted by Gasteiger charge is -2.51. The Morgan fingerprint density at radius 3 is 2.55 bits per heavy atom. The molecule has 3 rings (SSSR count). The maximum Gasteiger partial charge on any atom is 0.0991 e. The van der Waals surface area contributed by atoms with Crippen molar-refractivity contribution in [2.45, 2.75) is 56.7 Å². The van der Waals surface area contributed by atoms with E-state index in [1.807, 2.05) is 25.1 Å². The quantitative estimate of drug-likeness (QED) is 0.853. The molecule has 2 aliphatic heterocycles. The molecule has 1 N–H and O–H groups in total. The van der Waals surface area contributed by atoms with Crippen molar-refractivity contribution >= 4 is 0 Å². The molecule has 2 atom stereocenters. The Balaban J connectivity index is 1.99. The first-order valence-electron chi connectivity index (χ1n) is 7.49. The number of aryl methyl sites for hydroxylation is 1. The molecule has 3 nitrogen and oxygen atoms in total. The van der Waals surface area contributed by atoms with Crippen LogP contribution in [0.25, 0.3) is 0 Å². The molecule has 20 heavy (non-hydrogen) atoms. The summed E-state index contributed by atoms with van der Waals surface area (Å²) in [4.78, 5) is 2.45. The molecular formula is C17H22N2O. The van der Waals surface area contributed by atoms with Gasteiger partial charge in [-0.05, 0) is 62.9 Å². The molecule has 106 valence electrons. The van der Waals surface area contributed by atoms with Crippen LogP contribution in [0.2, 0.25) is 0 Å². The van der Waals surface area contributed by atoms with Gasteiger partial charge in [-0.25, -0.2) is 0 Å². The first-order valence-corrected chi connectivity index (χ1v) is 7.49. The summed E-state index contributed by atoms with van der Waals surface area (Å²) in [5, 5.41) is 20.3. The SMILES string of the molecule is Cc1ccc(C#N)cc1C1(O)CC2CCCC(C1)N2C. The molecule has 1 aromatic rings. The van der Waals surface area contributed by atoms with Gasteiger partial charge in [0.2, 0.25) is 0 Å². The third-order valence-electron chi connectivity index (χ3n) is 5.24. The average Bonchev–Trinajstić information content (AvgIpc) is 2.41. The van der Waals surface area contributed by atoms with Crippen LogP contribution in [0.4, 0.5) is 0 Å². The number of nitriles is 1. The third-order valence-corrected chi connectivity index (χ3v) is 5.24. The van der Waals surface area contributed by atoms with E-state index < -0.39 is 5.60 Å². The summed E-state index contributed by atoms with van der Waals surface area (Å²) in [5.41, 5.74) is 1.93. The molecule has 0 aromatic heterocycles. The van der Waals surface area contributed by atoms with Crippen molar-refractivity contribution in [2.24, 2.45) is 0 Å². The Kier molecular flexibility index (Phi) is 3.32. The normalized spacial score (nSPS) is 33.7. The highest BCUT2D eigenvalue weighted by Crippen LogP contribution is 2.44. The van der Waals surface area contributed by atoms with Crippen LogP contribution >= 0.6 is 0 Å². The second-order valence-electron chi connectivity index (χ2n) is 6.49. The Bertz CT molecular complexity index is 547. The maximum absolute atomic E-state index is 11.2. The van der Waals surface area contributed by atoms with Gasteiger partial charge in [-0.2, -0.15) is 5.26 Å². The van der Waals surface area contributed by atoms with Gasteiger partial charge in [0.25, 0.3) is 0 Å². The average molecular weight is 270 g/mol. The molecule has 2 heterocycles. The number of hydrogen-bond donors (Lipinski definition) is 1. The Labute approximate surface area is 120 Å². The van der Waals surface area contributed by atoms with Crippen LogP contribution < -0.4 is 0 Å². The van der Waals surface area contributed by atoms with Crippen LogP contribution in [-0.4, -0.2) is 29.1 Å². The van der Waals surface area contributed by atoms with Crippen LogP contribution in [0.3, 0.4) is 0 Å². The van der Waals surface area contributed by atoms with E-state index in [2.05, 4.69) is 18.0 Å². The Morgan fingerprint density at radius 1 is 1.30 bits per heavy atom. The van der Waals surface area contributed by atoms with Crippen molar-refractivity contribution < 1.29 is 5.11 Å². The van der Waals surface area contributed by atoms with E-state index in [4.69, 9.17) is 5.26 Å². The van der Waals surface area contributed by atoms with Crippen molar-refractivity contribution in [1.29, 1.82) is 5.26 Å². The minimum absolute atomic E-state index is 0.470. The fourth-order valence-electron chi connectivity index (χ4n) is 4.06. The standard InChI is InChI=1S/C17H22N2O/c1-12-6-7-13(11-18)8-16(12)17(20)9-14-4-3-5-15(10-17)19(14)2/h6-8,14-15,20H,3-5,9-10H2,1-2H3. The largest absolute Gasteiger partial charge is 0.385 e. The number of hydrogen-bond acceptors (Lipinski definition) is 3. The molecule has 0 aliphatic carbocycles. The van der Waals surface area contributed by atoms with E-state index >= 15 is 0 Å². The fourth-order valence-corrected chi connectivity index (χ4v) is 4.06. The molecule has 0 spiro atoms. The summed E-state index contributed by atoms with van der Waals surface area (Å²) < 4.78 is 0. The second kappa shape index (κ2) is 4.87. The molecule has 2 unspecified atom stereocenters. The van der Waals surface area contributed by atoms with Gasteiger partial charge in [0.05, 0.1) is 17.2 Å². The van der Waals surface area contributed by atoms with Gasteiger partial charge in [-0.15, -0.1) is 0 Å². The number of piperidine rings is 2. The number of benzene rings is 1. The van der Waals surface area contributed by atoms with Gasteiger partial charge in [0.15, 0.2) is 0 Å². The zero-order chi connectivity index (χ0) is 14.3. The van der Waals surface area contributed by atoms with Crippen LogP contribution in [0.5, 0.6) is 0 Å². The van der Waals surface area contributed by atoms with Gasteiger partial charge in [0, 0.05) is 12.1 Å². The zero-order valence-electron chi connectivity index (χ0n) is 12.3. The summed E-state index contributed by atoms with van der Waals surface area (Å²) in [6, 6.07) is 8.80. The number of rotatable bonds is 1. The highest BCUT2D eigenvalue weighted by Gasteiger charge is 2.45. The molecule has 2 aliphatic rings. The van der Waals surface area contributed by atoms with E-state index in [-0.39, 0.29) is 0 Å². The molecule has 3 heteroatoms. The lowest BCUT2D eigenvalue weighted by molar-refractivity contribution is -0.0877. The number of fused-ring (bicyclic) bond motifs is 2. The van der Waals surface area contributed by atoms with Crippen LogP contribution in [-0.2, 0) is 5.60 Å². The maximum atomic E-state index is 11.2. The van der Waals surface area contributed by atoms with Gasteiger partial charge in [0.1, 0.15) is 0 Å². The van der Waals surface area contributed by atoms with Gasteiger partial charge in [-0.1, -0.05) is 12.5 Å². The minimum atomic E-state index is -0.765. The van der Waals surface area contributed by atoms with Crippen molar-refractivity contribution in [2.75, 3.05) is 7.05 Å². The fraction of sp³-hybridized carbons (Fsp3) is 0.588. The molecule has 2 fully saturated rings. The lowest BCUT2D eigenvalue weighted by atomic mass is 9.71. The highest BCUT2D eigenvalue weighted by atomic mass is 16.3.